The van der Waals surface area contributed by atoms with E-state index in [1.165, 1.54) is 0 Å². The van der Waals surface area contributed by atoms with E-state index in [4.69, 9.17) is 4.74 Å². The molecular weight excluding hydrogens is 302 g/mol. The second-order valence-electron chi connectivity index (χ2n) is 6.03. The SMILES string of the molecule is COc1c(CNC2CCn3ccnc3C2)cccc1-n1cccn1. The molecule has 0 fully saturated rings. The predicted octanol–water partition coefficient (Wildman–Crippen LogP) is 2.18. The van der Waals surface area contributed by atoms with E-state index >= 15 is 0 Å². The summed E-state index contributed by atoms with van der Waals surface area (Å²) in [6, 6.07) is 8.52. The molecule has 3 aromatic rings. The molecule has 0 saturated carbocycles. The van der Waals surface area contributed by atoms with Crippen molar-refractivity contribution in [3.63, 3.8) is 0 Å². The summed E-state index contributed by atoms with van der Waals surface area (Å²) in [5.74, 6) is 2.03. The van der Waals surface area contributed by atoms with Crippen LogP contribution in [-0.2, 0) is 19.5 Å². The smallest absolute Gasteiger partial charge is 0.148 e. The monoisotopic (exact) mass is 323 g/mol. The molecule has 6 heteroatoms. The lowest BCUT2D eigenvalue weighted by atomic mass is 10.1. The van der Waals surface area contributed by atoms with E-state index in [1.54, 1.807) is 13.3 Å². The fourth-order valence-electron chi connectivity index (χ4n) is 3.32. The number of methoxy groups -OCH3 is 1. The minimum Gasteiger partial charge on any atom is -0.494 e. The van der Waals surface area contributed by atoms with Gasteiger partial charge >= 0.3 is 0 Å². The fourth-order valence-corrected chi connectivity index (χ4v) is 3.32. The van der Waals surface area contributed by atoms with Gasteiger partial charge in [0, 0.05) is 55.9 Å². The highest BCUT2D eigenvalue weighted by Crippen LogP contribution is 2.27. The average Bonchev–Trinajstić information content (AvgIpc) is 3.30. The van der Waals surface area contributed by atoms with Gasteiger partial charge in [-0.2, -0.15) is 5.10 Å². The lowest BCUT2D eigenvalue weighted by Crippen LogP contribution is -2.36. The molecule has 1 aliphatic rings. The molecule has 1 aliphatic heterocycles. The molecule has 24 heavy (non-hydrogen) atoms. The summed E-state index contributed by atoms with van der Waals surface area (Å²) in [6.07, 6.45) is 9.72. The molecule has 124 valence electrons. The number of rotatable bonds is 5. The number of benzene rings is 1. The van der Waals surface area contributed by atoms with Gasteiger partial charge in [0.25, 0.3) is 0 Å². The topological polar surface area (TPSA) is 56.9 Å². The highest BCUT2D eigenvalue weighted by molar-refractivity contribution is 5.51. The number of hydrogen-bond donors (Lipinski definition) is 1. The zero-order chi connectivity index (χ0) is 16.4. The van der Waals surface area contributed by atoms with Crippen LogP contribution >= 0.6 is 0 Å². The summed E-state index contributed by atoms with van der Waals surface area (Å²) in [6.45, 7) is 1.79. The van der Waals surface area contributed by atoms with E-state index in [0.29, 0.717) is 6.04 Å². The van der Waals surface area contributed by atoms with Crippen molar-refractivity contribution in [1.29, 1.82) is 0 Å². The molecule has 0 saturated heterocycles. The van der Waals surface area contributed by atoms with Gasteiger partial charge < -0.3 is 14.6 Å². The molecule has 1 unspecified atom stereocenters. The lowest BCUT2D eigenvalue weighted by molar-refractivity contribution is 0.380. The Balaban J connectivity index is 1.50. The number of aromatic nitrogens is 4. The summed E-state index contributed by atoms with van der Waals surface area (Å²) in [4.78, 5) is 4.43. The Kier molecular flexibility index (Phi) is 4.04. The van der Waals surface area contributed by atoms with Crippen LogP contribution in [0.3, 0.4) is 0 Å². The van der Waals surface area contributed by atoms with Crippen molar-refractivity contribution in [3.8, 4) is 11.4 Å². The second kappa shape index (κ2) is 6.49. The summed E-state index contributed by atoms with van der Waals surface area (Å²) in [5.41, 5.74) is 2.10. The van der Waals surface area contributed by atoms with Crippen LogP contribution in [0.2, 0.25) is 0 Å². The number of nitrogens with one attached hydrogen (secondary N) is 1. The third-order valence-corrected chi connectivity index (χ3v) is 4.56. The van der Waals surface area contributed by atoms with Gasteiger partial charge in [0.1, 0.15) is 17.3 Å². The predicted molar refractivity (Wildman–Crippen MR) is 91.3 cm³/mol. The van der Waals surface area contributed by atoms with Crippen LogP contribution in [0.5, 0.6) is 5.75 Å². The first-order valence-corrected chi connectivity index (χ1v) is 8.24. The number of para-hydroxylation sites is 1. The van der Waals surface area contributed by atoms with E-state index in [0.717, 1.165) is 48.8 Å². The normalized spacial score (nSPS) is 16.8. The maximum atomic E-state index is 5.67. The largest absolute Gasteiger partial charge is 0.494 e. The van der Waals surface area contributed by atoms with Gasteiger partial charge in [-0.25, -0.2) is 9.67 Å². The van der Waals surface area contributed by atoms with Crippen LogP contribution in [-0.4, -0.2) is 32.5 Å². The molecule has 1 N–H and O–H groups in total. The fraction of sp³-hybridized carbons (Fsp3) is 0.333. The van der Waals surface area contributed by atoms with E-state index in [2.05, 4.69) is 32.2 Å². The maximum absolute atomic E-state index is 5.67. The zero-order valence-corrected chi connectivity index (χ0v) is 13.7. The third kappa shape index (κ3) is 2.80. The van der Waals surface area contributed by atoms with Crippen LogP contribution in [0.4, 0.5) is 0 Å². The highest BCUT2D eigenvalue weighted by Gasteiger charge is 2.19. The van der Waals surface area contributed by atoms with E-state index < -0.39 is 0 Å². The Bertz CT molecular complexity index is 809. The van der Waals surface area contributed by atoms with Crippen molar-refractivity contribution in [2.45, 2.75) is 32.0 Å². The molecule has 3 heterocycles. The number of aryl methyl sites for hydroxylation is 1. The first-order valence-electron chi connectivity index (χ1n) is 8.24. The molecule has 6 nitrogen and oxygen atoms in total. The van der Waals surface area contributed by atoms with Crippen molar-refractivity contribution in [1.82, 2.24) is 24.6 Å². The minimum atomic E-state index is 0.443. The summed E-state index contributed by atoms with van der Waals surface area (Å²) in [5, 5.41) is 7.96. The Morgan fingerprint density at radius 2 is 2.21 bits per heavy atom. The molecular formula is C18H21N5O. The molecule has 0 bridgehead atoms. The van der Waals surface area contributed by atoms with Gasteiger partial charge in [0.15, 0.2) is 0 Å². The molecule has 1 atom stereocenters. The van der Waals surface area contributed by atoms with E-state index in [-0.39, 0.29) is 0 Å². The second-order valence-corrected chi connectivity index (χ2v) is 6.03. The van der Waals surface area contributed by atoms with Gasteiger partial charge in [-0.05, 0) is 18.6 Å². The number of fused-ring (bicyclic) bond motifs is 1. The standard InChI is InChI=1S/C18H21N5O/c1-24-18-14(4-2-5-16(18)23-9-3-7-21-23)13-20-15-6-10-22-11-8-19-17(22)12-15/h2-5,7-9,11,15,20H,6,10,12-13H2,1H3. The quantitative estimate of drug-likeness (QED) is 0.782. The zero-order valence-electron chi connectivity index (χ0n) is 13.7. The van der Waals surface area contributed by atoms with Crippen molar-refractivity contribution >= 4 is 0 Å². The number of ether oxygens (including phenoxy) is 1. The van der Waals surface area contributed by atoms with Gasteiger partial charge in [-0.3, -0.25) is 0 Å². The summed E-state index contributed by atoms with van der Waals surface area (Å²) in [7, 11) is 1.71. The van der Waals surface area contributed by atoms with Crippen molar-refractivity contribution < 1.29 is 4.74 Å². The summed E-state index contributed by atoms with van der Waals surface area (Å²) >= 11 is 0. The molecule has 0 aliphatic carbocycles. The first kappa shape index (κ1) is 15.0. The Labute approximate surface area is 141 Å². The van der Waals surface area contributed by atoms with Gasteiger partial charge in [0.2, 0.25) is 0 Å². The number of hydrogen-bond acceptors (Lipinski definition) is 4. The van der Waals surface area contributed by atoms with Crippen LogP contribution < -0.4 is 10.1 Å². The minimum absolute atomic E-state index is 0.443. The Hall–Kier alpha value is -2.60. The van der Waals surface area contributed by atoms with Crippen LogP contribution in [0.25, 0.3) is 5.69 Å². The van der Waals surface area contributed by atoms with E-state index in [1.807, 2.05) is 35.3 Å². The number of imidazole rings is 1. The maximum Gasteiger partial charge on any atom is 0.148 e. The van der Waals surface area contributed by atoms with Gasteiger partial charge in [-0.15, -0.1) is 0 Å². The Morgan fingerprint density at radius 1 is 1.25 bits per heavy atom. The Morgan fingerprint density at radius 3 is 3.04 bits per heavy atom. The molecule has 4 rings (SSSR count). The number of nitrogens with zero attached hydrogens (tertiary/aromatic N) is 4. The molecule has 2 aromatic heterocycles. The van der Waals surface area contributed by atoms with Gasteiger partial charge in [-0.1, -0.05) is 12.1 Å². The third-order valence-electron chi connectivity index (χ3n) is 4.56. The first-order chi connectivity index (χ1) is 11.8. The van der Waals surface area contributed by atoms with Crippen molar-refractivity contribution in [2.24, 2.45) is 0 Å². The summed E-state index contributed by atoms with van der Waals surface area (Å²) < 4.78 is 9.73. The molecule has 0 amide bonds. The molecule has 1 aromatic carbocycles. The average molecular weight is 323 g/mol. The van der Waals surface area contributed by atoms with Crippen molar-refractivity contribution in [2.75, 3.05) is 7.11 Å². The van der Waals surface area contributed by atoms with Crippen LogP contribution in [0.15, 0.2) is 49.1 Å². The van der Waals surface area contributed by atoms with Crippen molar-refractivity contribution in [3.05, 3.63) is 60.4 Å². The van der Waals surface area contributed by atoms with Crippen LogP contribution in [0, 0.1) is 0 Å². The van der Waals surface area contributed by atoms with E-state index in [9.17, 15) is 0 Å². The lowest BCUT2D eigenvalue weighted by Gasteiger charge is -2.25. The van der Waals surface area contributed by atoms with Crippen LogP contribution in [0.1, 0.15) is 17.8 Å². The highest BCUT2D eigenvalue weighted by atomic mass is 16.5. The van der Waals surface area contributed by atoms with Gasteiger partial charge in [0.05, 0.1) is 7.11 Å². The molecule has 0 radical (unpaired) electrons. The molecule has 0 spiro atoms.